The fourth-order valence-electron chi connectivity index (χ4n) is 4.60. The molecule has 1 fully saturated rings. The van der Waals surface area contributed by atoms with E-state index in [-0.39, 0.29) is 0 Å². The average molecular weight is 349 g/mol. The Labute approximate surface area is 161 Å². The largest absolute Gasteiger partial charge is 0.0625 e. The Kier molecular flexibility index (Phi) is 5.90. The zero-order valence-corrected chi connectivity index (χ0v) is 17.7. The van der Waals surface area contributed by atoms with Crippen LogP contribution in [0.1, 0.15) is 77.1 Å². The van der Waals surface area contributed by atoms with Gasteiger partial charge in [-0.2, -0.15) is 0 Å². The predicted molar refractivity (Wildman–Crippen MR) is 114 cm³/mol. The van der Waals surface area contributed by atoms with E-state index in [1.54, 1.807) is 5.56 Å². The Morgan fingerprint density at radius 2 is 1.15 bits per heavy atom. The predicted octanol–water partition coefficient (Wildman–Crippen LogP) is 7.19. The zero-order valence-electron chi connectivity index (χ0n) is 17.7. The quantitative estimate of drug-likeness (QED) is 0.548. The van der Waals surface area contributed by atoms with Crippen LogP contribution in [0.3, 0.4) is 0 Å². The molecule has 1 aliphatic rings. The van der Waals surface area contributed by atoms with Crippen LogP contribution in [0.5, 0.6) is 0 Å². The van der Waals surface area contributed by atoms with E-state index in [0.29, 0.717) is 0 Å². The van der Waals surface area contributed by atoms with Gasteiger partial charge in [0.2, 0.25) is 0 Å². The Hall–Kier alpha value is -1.56. The molecule has 0 radical (unpaired) electrons. The number of benzene rings is 2. The van der Waals surface area contributed by atoms with Crippen molar-refractivity contribution in [2.75, 3.05) is 0 Å². The van der Waals surface area contributed by atoms with Gasteiger partial charge in [0.05, 0.1) is 0 Å². The molecule has 26 heavy (non-hydrogen) atoms. The van der Waals surface area contributed by atoms with Crippen molar-refractivity contribution in [3.05, 3.63) is 68.8 Å². The minimum Gasteiger partial charge on any atom is -0.0625 e. The topological polar surface area (TPSA) is 0 Å². The molecule has 2 aromatic carbocycles. The second kappa shape index (κ2) is 7.99. The lowest BCUT2D eigenvalue weighted by Gasteiger charge is -2.27. The van der Waals surface area contributed by atoms with E-state index in [4.69, 9.17) is 0 Å². The van der Waals surface area contributed by atoms with Crippen molar-refractivity contribution in [1.82, 2.24) is 0 Å². The molecule has 0 bridgehead atoms. The van der Waals surface area contributed by atoms with Gasteiger partial charge in [0.15, 0.2) is 0 Å². The summed E-state index contributed by atoms with van der Waals surface area (Å²) < 4.78 is 0. The summed E-state index contributed by atoms with van der Waals surface area (Å²) in [5, 5.41) is 0. The van der Waals surface area contributed by atoms with Gasteiger partial charge in [0.1, 0.15) is 0 Å². The summed E-state index contributed by atoms with van der Waals surface area (Å²) in [7, 11) is 0. The van der Waals surface area contributed by atoms with Crippen LogP contribution in [-0.4, -0.2) is 0 Å². The monoisotopic (exact) mass is 348 g/mol. The summed E-state index contributed by atoms with van der Waals surface area (Å²) in [5.41, 5.74) is 11.9. The van der Waals surface area contributed by atoms with Crippen LogP contribution in [-0.2, 0) is 12.8 Å². The van der Waals surface area contributed by atoms with Crippen LogP contribution in [0.2, 0.25) is 0 Å². The second-order valence-electron chi connectivity index (χ2n) is 8.93. The van der Waals surface area contributed by atoms with Gasteiger partial charge in [0, 0.05) is 0 Å². The molecule has 0 N–H and O–H groups in total. The molecule has 3 rings (SSSR count). The molecule has 0 amide bonds. The van der Waals surface area contributed by atoms with Gasteiger partial charge < -0.3 is 0 Å². The lowest BCUT2D eigenvalue weighted by molar-refractivity contribution is 0.288. The van der Waals surface area contributed by atoms with Crippen LogP contribution in [0, 0.1) is 46.5 Å². The fraction of sp³-hybridized carbons (Fsp3) is 0.538. The molecule has 140 valence electrons. The maximum Gasteiger partial charge on any atom is -0.00203 e. The van der Waals surface area contributed by atoms with E-state index < -0.39 is 0 Å². The van der Waals surface area contributed by atoms with E-state index >= 15 is 0 Å². The second-order valence-corrected chi connectivity index (χ2v) is 8.93. The fourth-order valence-corrected chi connectivity index (χ4v) is 4.60. The molecule has 0 saturated heterocycles. The van der Waals surface area contributed by atoms with Crippen molar-refractivity contribution in [3.8, 4) is 0 Å². The summed E-state index contributed by atoms with van der Waals surface area (Å²) in [4.78, 5) is 0. The molecule has 0 nitrogen and oxygen atoms in total. The van der Waals surface area contributed by atoms with Crippen LogP contribution in [0.4, 0.5) is 0 Å². The molecule has 1 aliphatic carbocycles. The molecule has 0 atom stereocenters. The highest BCUT2D eigenvalue weighted by Crippen LogP contribution is 2.32. The minimum absolute atomic E-state index is 0.900. The third-order valence-electron chi connectivity index (χ3n) is 7.21. The summed E-state index contributed by atoms with van der Waals surface area (Å²) in [6.45, 7) is 13.8. The van der Waals surface area contributed by atoms with E-state index in [2.05, 4.69) is 65.8 Å². The summed E-state index contributed by atoms with van der Waals surface area (Å²) >= 11 is 0. The van der Waals surface area contributed by atoms with Gasteiger partial charge in [0.25, 0.3) is 0 Å². The smallest absolute Gasteiger partial charge is 0.00203 e. The average Bonchev–Trinajstić information content (AvgIpc) is 2.63. The van der Waals surface area contributed by atoms with Crippen LogP contribution in [0.25, 0.3) is 0 Å². The van der Waals surface area contributed by atoms with Crippen molar-refractivity contribution in [2.45, 2.75) is 80.1 Å². The first-order valence-corrected chi connectivity index (χ1v) is 10.5. The Bertz CT molecular complexity index is 773. The van der Waals surface area contributed by atoms with Crippen molar-refractivity contribution >= 4 is 0 Å². The summed E-state index contributed by atoms with van der Waals surface area (Å²) in [5.74, 6) is 1.84. The van der Waals surface area contributed by atoms with Crippen molar-refractivity contribution in [3.63, 3.8) is 0 Å². The van der Waals surface area contributed by atoms with Gasteiger partial charge in [-0.3, -0.25) is 0 Å². The first-order valence-electron chi connectivity index (χ1n) is 10.5. The first kappa shape index (κ1) is 19.2. The van der Waals surface area contributed by atoms with Crippen molar-refractivity contribution < 1.29 is 0 Å². The van der Waals surface area contributed by atoms with Crippen LogP contribution < -0.4 is 0 Å². The lowest BCUT2D eigenvalue weighted by atomic mass is 9.79. The molecule has 2 aromatic rings. The molecular formula is C26H36. The first-order chi connectivity index (χ1) is 12.4. The third-order valence-corrected chi connectivity index (χ3v) is 7.21. The van der Waals surface area contributed by atoms with Crippen LogP contribution >= 0.6 is 0 Å². The SMILES string of the molecule is Cc1ccc(Cc2ccc(CC3CCC(C)CC3)c(C)c2C)c(C)c1C. The number of hydrogen-bond acceptors (Lipinski definition) is 0. The Morgan fingerprint density at radius 3 is 1.81 bits per heavy atom. The maximum atomic E-state index is 2.42. The molecule has 0 aromatic heterocycles. The van der Waals surface area contributed by atoms with Gasteiger partial charge in [-0.25, -0.2) is 0 Å². The summed E-state index contributed by atoms with van der Waals surface area (Å²) in [6.07, 6.45) is 8.02. The normalized spacial score (nSPS) is 20.4. The molecule has 1 saturated carbocycles. The highest BCUT2D eigenvalue weighted by atomic mass is 14.2. The molecule has 0 heteroatoms. The minimum atomic E-state index is 0.900. The third kappa shape index (κ3) is 4.05. The highest BCUT2D eigenvalue weighted by Gasteiger charge is 2.19. The Balaban J connectivity index is 1.78. The highest BCUT2D eigenvalue weighted by molar-refractivity contribution is 5.45. The maximum absolute atomic E-state index is 2.42. The van der Waals surface area contributed by atoms with E-state index in [1.807, 2.05) is 0 Å². The lowest BCUT2D eigenvalue weighted by Crippen LogP contribution is -2.15. The molecule has 0 unspecified atom stereocenters. The van der Waals surface area contributed by atoms with Crippen LogP contribution in [0.15, 0.2) is 24.3 Å². The van der Waals surface area contributed by atoms with Gasteiger partial charge >= 0.3 is 0 Å². The molecule has 0 spiro atoms. The van der Waals surface area contributed by atoms with Crippen molar-refractivity contribution in [2.24, 2.45) is 11.8 Å². The molecule has 0 heterocycles. The Morgan fingerprint density at radius 1 is 0.654 bits per heavy atom. The number of hydrogen-bond donors (Lipinski definition) is 0. The van der Waals surface area contributed by atoms with E-state index in [0.717, 1.165) is 18.3 Å². The van der Waals surface area contributed by atoms with E-state index in [9.17, 15) is 0 Å². The zero-order chi connectivity index (χ0) is 18.8. The number of rotatable bonds is 4. The van der Waals surface area contributed by atoms with Gasteiger partial charge in [-0.1, -0.05) is 44.0 Å². The van der Waals surface area contributed by atoms with Gasteiger partial charge in [-0.05, 0) is 117 Å². The van der Waals surface area contributed by atoms with E-state index in [1.165, 1.54) is 71.0 Å². The number of aryl methyl sites for hydroxylation is 1. The van der Waals surface area contributed by atoms with Gasteiger partial charge in [-0.15, -0.1) is 0 Å². The summed E-state index contributed by atoms with van der Waals surface area (Å²) in [6, 6.07) is 9.42. The molecular weight excluding hydrogens is 312 g/mol. The van der Waals surface area contributed by atoms with Crippen molar-refractivity contribution in [1.29, 1.82) is 0 Å². The standard InChI is InChI=1S/C26H36/c1-17-7-10-23(11-8-17)15-24-13-14-26(22(6)21(24)5)16-25-12-9-18(2)19(3)20(25)4/h9,12-14,17,23H,7-8,10-11,15-16H2,1-6H3. The molecule has 0 aliphatic heterocycles.